The van der Waals surface area contributed by atoms with Gasteiger partial charge < -0.3 is 20.1 Å². The van der Waals surface area contributed by atoms with E-state index in [4.69, 9.17) is 16.3 Å². The Morgan fingerprint density at radius 2 is 1.74 bits per heavy atom. The van der Waals surface area contributed by atoms with Gasteiger partial charge in [-0.1, -0.05) is 60.1 Å². The maximum absolute atomic E-state index is 11.8. The summed E-state index contributed by atoms with van der Waals surface area (Å²) in [4.78, 5) is 15.0. The quantitative estimate of drug-likeness (QED) is 0.339. The third-order valence-electron chi connectivity index (χ3n) is 5.23. The SMILES string of the molecule is O=C(O)[C@H](Cc1c[nH]c2ccccc12)NCc1ccc(OCc2ccccc2Cl)cc1. The molecule has 0 radical (unpaired) electrons. The molecule has 3 aromatic carbocycles. The number of carboxylic acid groups (broad SMARTS) is 1. The van der Waals surface area contributed by atoms with Crippen LogP contribution in [0.2, 0.25) is 5.02 Å². The fourth-order valence-electron chi connectivity index (χ4n) is 3.49. The van der Waals surface area contributed by atoms with Gasteiger partial charge in [0.2, 0.25) is 0 Å². The molecule has 1 heterocycles. The van der Waals surface area contributed by atoms with Crippen LogP contribution in [0.15, 0.2) is 79.0 Å². The van der Waals surface area contributed by atoms with Gasteiger partial charge in [-0.05, 0) is 35.4 Å². The number of aliphatic carboxylic acids is 1. The van der Waals surface area contributed by atoms with Crippen molar-refractivity contribution in [3.63, 3.8) is 0 Å². The van der Waals surface area contributed by atoms with Crippen LogP contribution in [0.4, 0.5) is 0 Å². The predicted molar refractivity (Wildman–Crippen MR) is 122 cm³/mol. The van der Waals surface area contributed by atoms with Gasteiger partial charge >= 0.3 is 5.97 Å². The largest absolute Gasteiger partial charge is 0.489 e. The van der Waals surface area contributed by atoms with E-state index in [0.29, 0.717) is 24.6 Å². The Morgan fingerprint density at radius 1 is 1.00 bits per heavy atom. The number of benzene rings is 3. The number of aromatic nitrogens is 1. The summed E-state index contributed by atoms with van der Waals surface area (Å²) in [6, 6.07) is 22.4. The molecule has 0 amide bonds. The van der Waals surface area contributed by atoms with Crippen LogP contribution in [0.3, 0.4) is 0 Å². The van der Waals surface area contributed by atoms with Crippen molar-refractivity contribution in [2.75, 3.05) is 0 Å². The number of halogens is 1. The van der Waals surface area contributed by atoms with Gasteiger partial charge in [-0.2, -0.15) is 0 Å². The molecule has 0 fully saturated rings. The number of para-hydroxylation sites is 1. The normalized spacial score (nSPS) is 12.0. The molecule has 0 saturated carbocycles. The Balaban J connectivity index is 1.34. The first-order valence-electron chi connectivity index (χ1n) is 10.1. The summed E-state index contributed by atoms with van der Waals surface area (Å²) in [5.41, 5.74) is 3.90. The van der Waals surface area contributed by atoms with Gasteiger partial charge in [0.15, 0.2) is 0 Å². The van der Waals surface area contributed by atoms with Gasteiger partial charge in [0.1, 0.15) is 18.4 Å². The number of hydrogen-bond acceptors (Lipinski definition) is 3. The highest BCUT2D eigenvalue weighted by Gasteiger charge is 2.19. The second-order valence-electron chi connectivity index (χ2n) is 7.36. The highest BCUT2D eigenvalue weighted by atomic mass is 35.5. The summed E-state index contributed by atoms with van der Waals surface area (Å²) in [7, 11) is 0. The number of rotatable bonds is 9. The fraction of sp³-hybridized carbons (Fsp3) is 0.160. The number of fused-ring (bicyclic) bond motifs is 1. The minimum atomic E-state index is -0.870. The van der Waals surface area contributed by atoms with E-state index in [-0.39, 0.29) is 0 Å². The van der Waals surface area contributed by atoms with E-state index >= 15 is 0 Å². The average Bonchev–Trinajstić information content (AvgIpc) is 3.19. The molecule has 6 heteroatoms. The molecule has 0 aliphatic heterocycles. The second-order valence-corrected chi connectivity index (χ2v) is 7.77. The van der Waals surface area contributed by atoms with Crippen molar-refractivity contribution in [1.82, 2.24) is 10.3 Å². The van der Waals surface area contributed by atoms with Crippen molar-refractivity contribution in [2.24, 2.45) is 0 Å². The fourth-order valence-corrected chi connectivity index (χ4v) is 3.68. The molecular formula is C25H23ClN2O3. The standard InChI is InChI=1S/C25H23ClN2O3/c26-22-7-3-1-5-18(22)16-31-20-11-9-17(10-12-20)14-27-24(25(29)30)13-19-15-28-23-8-4-2-6-21(19)23/h1-12,15,24,27-28H,13-14,16H2,(H,29,30)/t24-/m0/s1. The Bertz CT molecular complexity index is 1170. The number of H-pyrrole nitrogens is 1. The summed E-state index contributed by atoms with van der Waals surface area (Å²) in [6.07, 6.45) is 2.28. The summed E-state index contributed by atoms with van der Waals surface area (Å²) in [5.74, 6) is -0.137. The number of ether oxygens (including phenoxy) is 1. The third kappa shape index (κ3) is 5.26. The predicted octanol–water partition coefficient (Wildman–Crippen LogP) is 5.19. The third-order valence-corrected chi connectivity index (χ3v) is 5.59. The van der Waals surface area contributed by atoms with Gasteiger partial charge in [-0.3, -0.25) is 4.79 Å². The number of carbonyl (C=O) groups is 1. The van der Waals surface area contributed by atoms with Crippen molar-refractivity contribution in [3.05, 3.63) is 101 Å². The van der Waals surface area contributed by atoms with Crippen molar-refractivity contribution in [3.8, 4) is 5.75 Å². The molecule has 0 aliphatic rings. The lowest BCUT2D eigenvalue weighted by Crippen LogP contribution is -2.38. The zero-order valence-electron chi connectivity index (χ0n) is 16.8. The molecule has 0 unspecified atom stereocenters. The van der Waals surface area contributed by atoms with Crippen molar-refractivity contribution in [1.29, 1.82) is 0 Å². The molecule has 1 aromatic heterocycles. The molecule has 0 aliphatic carbocycles. The van der Waals surface area contributed by atoms with Crippen LogP contribution in [0, 0.1) is 0 Å². The van der Waals surface area contributed by atoms with Gasteiger partial charge in [0, 0.05) is 40.7 Å². The van der Waals surface area contributed by atoms with Crippen LogP contribution >= 0.6 is 11.6 Å². The Kier molecular flexibility index (Phi) is 6.55. The van der Waals surface area contributed by atoms with Crippen LogP contribution in [-0.2, 0) is 24.4 Å². The van der Waals surface area contributed by atoms with E-state index in [1.807, 2.05) is 79.0 Å². The van der Waals surface area contributed by atoms with E-state index in [2.05, 4.69) is 10.3 Å². The number of aromatic amines is 1. The van der Waals surface area contributed by atoms with Crippen LogP contribution in [-0.4, -0.2) is 22.1 Å². The van der Waals surface area contributed by atoms with Crippen LogP contribution in [0.5, 0.6) is 5.75 Å². The molecule has 4 rings (SSSR count). The Morgan fingerprint density at radius 3 is 2.52 bits per heavy atom. The molecule has 31 heavy (non-hydrogen) atoms. The first-order chi connectivity index (χ1) is 15.1. The summed E-state index contributed by atoms with van der Waals surface area (Å²) >= 11 is 6.16. The minimum Gasteiger partial charge on any atom is -0.489 e. The first kappa shape index (κ1) is 21.0. The van der Waals surface area contributed by atoms with Crippen LogP contribution in [0.1, 0.15) is 16.7 Å². The molecule has 1 atom stereocenters. The van der Waals surface area contributed by atoms with Crippen molar-refractivity contribution >= 4 is 28.5 Å². The summed E-state index contributed by atoms with van der Waals surface area (Å²) in [6.45, 7) is 0.840. The second kappa shape index (κ2) is 9.69. The number of hydrogen-bond donors (Lipinski definition) is 3. The molecule has 0 bridgehead atoms. The lowest BCUT2D eigenvalue weighted by molar-refractivity contribution is -0.139. The maximum atomic E-state index is 11.8. The highest BCUT2D eigenvalue weighted by molar-refractivity contribution is 6.31. The van der Waals surface area contributed by atoms with Gasteiger partial charge in [0.25, 0.3) is 0 Å². The van der Waals surface area contributed by atoms with E-state index in [0.717, 1.165) is 33.3 Å². The van der Waals surface area contributed by atoms with E-state index in [1.54, 1.807) is 0 Å². The first-order valence-corrected chi connectivity index (χ1v) is 10.4. The summed E-state index contributed by atoms with van der Waals surface area (Å²) < 4.78 is 5.80. The Labute approximate surface area is 185 Å². The number of carboxylic acids is 1. The smallest absolute Gasteiger partial charge is 0.321 e. The van der Waals surface area contributed by atoms with Gasteiger partial charge in [0.05, 0.1) is 0 Å². The van der Waals surface area contributed by atoms with Gasteiger partial charge in [-0.25, -0.2) is 0 Å². The molecule has 3 N–H and O–H groups in total. The van der Waals surface area contributed by atoms with E-state index in [1.165, 1.54) is 0 Å². The van der Waals surface area contributed by atoms with Crippen LogP contribution < -0.4 is 10.1 Å². The van der Waals surface area contributed by atoms with Crippen molar-refractivity contribution in [2.45, 2.75) is 25.6 Å². The highest BCUT2D eigenvalue weighted by Crippen LogP contribution is 2.21. The molecule has 0 spiro atoms. The van der Waals surface area contributed by atoms with E-state index in [9.17, 15) is 9.90 Å². The number of nitrogens with one attached hydrogen (secondary N) is 2. The molecule has 158 valence electrons. The Hall–Kier alpha value is -3.28. The minimum absolute atomic E-state index is 0.392. The molecule has 0 saturated heterocycles. The van der Waals surface area contributed by atoms with E-state index < -0.39 is 12.0 Å². The molecule has 5 nitrogen and oxygen atoms in total. The zero-order chi connectivity index (χ0) is 21.6. The lowest BCUT2D eigenvalue weighted by Gasteiger charge is -2.15. The van der Waals surface area contributed by atoms with Crippen LogP contribution in [0.25, 0.3) is 10.9 Å². The maximum Gasteiger partial charge on any atom is 0.321 e. The summed E-state index contributed by atoms with van der Waals surface area (Å²) in [5, 5.41) is 14.5. The lowest BCUT2D eigenvalue weighted by atomic mass is 10.0. The topological polar surface area (TPSA) is 74.3 Å². The average molecular weight is 435 g/mol. The van der Waals surface area contributed by atoms with Gasteiger partial charge in [-0.15, -0.1) is 0 Å². The zero-order valence-corrected chi connectivity index (χ0v) is 17.6. The molecular weight excluding hydrogens is 412 g/mol. The van der Waals surface area contributed by atoms with Crippen molar-refractivity contribution < 1.29 is 14.6 Å². The molecule has 4 aromatic rings. The monoisotopic (exact) mass is 434 g/mol.